The molecular weight excluding hydrogens is 625 g/mol. The van der Waals surface area contributed by atoms with Crippen LogP contribution in [0.5, 0.6) is 0 Å². The first-order valence-corrected chi connectivity index (χ1v) is 12.1. The van der Waals surface area contributed by atoms with Gasteiger partial charge < -0.3 is 15.2 Å². The first kappa shape index (κ1) is 27.9. The summed E-state index contributed by atoms with van der Waals surface area (Å²) in [4.78, 5) is 9.90. The minimum Gasteiger partial charge on any atom is -0.393 e. The molecular formula is C31H33IrN2O2-. The summed E-state index contributed by atoms with van der Waals surface area (Å²) in [6.07, 6.45) is 1.61. The number of aliphatic hydroxyl groups excluding tert-OH is 2. The average molecular weight is 658 g/mol. The van der Waals surface area contributed by atoms with Crippen LogP contribution < -0.4 is 0 Å². The monoisotopic (exact) mass is 658 g/mol. The Balaban J connectivity index is 0.000000400. The Morgan fingerprint density at radius 1 is 0.833 bits per heavy atom. The number of benzene rings is 4. The Hall–Kier alpha value is -2.69. The molecule has 0 aliphatic heterocycles. The van der Waals surface area contributed by atoms with Crippen molar-refractivity contribution >= 4 is 32.6 Å². The summed E-state index contributed by atoms with van der Waals surface area (Å²) in [5.41, 5.74) is 5.23. The second-order valence-corrected chi connectivity index (χ2v) is 10.2. The topological polar surface area (TPSA) is 66.2 Å². The van der Waals surface area contributed by atoms with Crippen LogP contribution in [0.1, 0.15) is 46.6 Å². The fourth-order valence-electron chi connectivity index (χ4n) is 4.32. The summed E-state index contributed by atoms with van der Waals surface area (Å²) in [5.74, 6) is 0. The van der Waals surface area contributed by atoms with Gasteiger partial charge >= 0.3 is 0 Å². The molecule has 5 heteroatoms. The average Bonchev–Trinajstić information content (AvgIpc) is 2.83. The van der Waals surface area contributed by atoms with E-state index in [-0.39, 0.29) is 37.7 Å². The minimum absolute atomic E-state index is 0. The predicted octanol–water partition coefficient (Wildman–Crippen LogP) is 6.84. The van der Waals surface area contributed by atoms with Gasteiger partial charge in [-0.15, -0.1) is 29.7 Å². The van der Waals surface area contributed by atoms with E-state index in [4.69, 9.17) is 20.2 Å². The van der Waals surface area contributed by atoms with Crippen molar-refractivity contribution < 1.29 is 30.3 Å². The van der Waals surface area contributed by atoms with Crippen LogP contribution in [-0.4, -0.2) is 32.4 Å². The molecule has 0 saturated heterocycles. The van der Waals surface area contributed by atoms with Gasteiger partial charge in [0.1, 0.15) is 0 Å². The summed E-state index contributed by atoms with van der Waals surface area (Å²) >= 11 is 0. The van der Waals surface area contributed by atoms with E-state index in [0.29, 0.717) is 6.42 Å². The quantitative estimate of drug-likeness (QED) is 0.165. The molecule has 5 rings (SSSR count). The molecule has 189 valence electrons. The Morgan fingerprint density at radius 2 is 1.50 bits per heavy atom. The van der Waals surface area contributed by atoms with Crippen LogP contribution in [0.3, 0.4) is 0 Å². The van der Waals surface area contributed by atoms with Gasteiger partial charge in [0.25, 0.3) is 0 Å². The van der Waals surface area contributed by atoms with Gasteiger partial charge in [0.05, 0.1) is 23.4 Å². The van der Waals surface area contributed by atoms with Crippen molar-refractivity contribution in [1.82, 2.24) is 9.97 Å². The molecule has 0 aliphatic rings. The Morgan fingerprint density at radius 3 is 2.14 bits per heavy atom. The smallest absolute Gasteiger partial charge is 0.0873 e. The van der Waals surface area contributed by atoms with Gasteiger partial charge in [-0.05, 0) is 42.7 Å². The summed E-state index contributed by atoms with van der Waals surface area (Å²) < 4.78 is 0. The van der Waals surface area contributed by atoms with E-state index >= 15 is 0 Å². The van der Waals surface area contributed by atoms with Crippen LogP contribution in [0, 0.1) is 6.07 Å². The van der Waals surface area contributed by atoms with Gasteiger partial charge in [-0.2, -0.15) is 0 Å². The molecule has 1 aromatic heterocycles. The normalized spacial score (nSPS) is 13.1. The maximum absolute atomic E-state index is 8.56. The van der Waals surface area contributed by atoms with E-state index in [9.17, 15) is 0 Å². The summed E-state index contributed by atoms with van der Waals surface area (Å²) in [7, 11) is 0. The van der Waals surface area contributed by atoms with E-state index < -0.39 is 0 Å². The predicted molar refractivity (Wildman–Crippen MR) is 146 cm³/mol. The maximum atomic E-state index is 8.56. The first-order chi connectivity index (χ1) is 16.6. The fourth-order valence-corrected chi connectivity index (χ4v) is 4.32. The molecule has 36 heavy (non-hydrogen) atoms. The molecule has 0 fully saturated rings. The van der Waals surface area contributed by atoms with Crippen molar-refractivity contribution in [2.75, 3.05) is 0 Å². The summed E-state index contributed by atoms with van der Waals surface area (Å²) in [6.45, 7) is 10.0. The molecule has 0 aliphatic carbocycles. The van der Waals surface area contributed by atoms with E-state index in [1.165, 1.54) is 16.3 Å². The van der Waals surface area contributed by atoms with Crippen molar-refractivity contribution in [1.29, 1.82) is 0 Å². The number of hydrogen-bond donors (Lipinski definition) is 2. The number of aliphatic hydroxyl groups is 2. The Labute approximate surface area is 226 Å². The van der Waals surface area contributed by atoms with Crippen molar-refractivity contribution in [3.63, 3.8) is 0 Å². The van der Waals surface area contributed by atoms with E-state index in [1.807, 2.05) is 18.3 Å². The van der Waals surface area contributed by atoms with Crippen molar-refractivity contribution in [3.05, 3.63) is 84.6 Å². The molecule has 1 radical (unpaired) electrons. The zero-order valence-corrected chi connectivity index (χ0v) is 23.8. The maximum Gasteiger partial charge on any atom is 0.0873 e. The van der Waals surface area contributed by atoms with Crippen molar-refractivity contribution in [2.45, 2.75) is 58.7 Å². The van der Waals surface area contributed by atoms with Crippen LogP contribution >= 0.6 is 0 Å². The van der Waals surface area contributed by atoms with Crippen LogP contribution in [0.15, 0.2) is 72.9 Å². The zero-order chi connectivity index (χ0) is 25.2. The molecule has 0 amide bonds. The molecule has 4 nitrogen and oxygen atoms in total. The SMILES string of the molecule is CC(C)(C)c1cccc(-c2cnc3c4[c-]cccc4c4ccccc4c3n2)c1.CC(O)CC(C)O.[Ir]. The molecule has 2 N–H and O–H groups in total. The first-order valence-electron chi connectivity index (χ1n) is 12.1. The van der Waals surface area contributed by atoms with Gasteiger partial charge in [-0.25, -0.2) is 0 Å². The number of rotatable bonds is 3. The van der Waals surface area contributed by atoms with E-state index in [1.54, 1.807) is 13.8 Å². The molecule has 4 aromatic carbocycles. The van der Waals surface area contributed by atoms with Crippen molar-refractivity contribution in [2.24, 2.45) is 0 Å². The third-order valence-electron chi connectivity index (χ3n) is 6.04. The van der Waals surface area contributed by atoms with Gasteiger partial charge in [0.15, 0.2) is 0 Å². The third-order valence-corrected chi connectivity index (χ3v) is 6.04. The van der Waals surface area contributed by atoms with Gasteiger partial charge in [-0.3, -0.25) is 4.98 Å². The second kappa shape index (κ2) is 11.6. The molecule has 2 unspecified atom stereocenters. The van der Waals surface area contributed by atoms with Crippen LogP contribution in [0.4, 0.5) is 0 Å². The number of aromatic nitrogens is 2. The molecule has 2 atom stereocenters. The van der Waals surface area contributed by atoms with Gasteiger partial charge in [0, 0.05) is 37.4 Å². The Bertz CT molecular complexity index is 1430. The fraction of sp³-hybridized carbons (Fsp3) is 0.290. The van der Waals surface area contributed by atoms with E-state index in [2.05, 4.69) is 81.4 Å². The molecule has 1 heterocycles. The molecule has 0 spiro atoms. The molecule has 0 saturated carbocycles. The number of nitrogens with zero attached hydrogens (tertiary/aromatic N) is 2. The third kappa shape index (κ3) is 6.16. The largest absolute Gasteiger partial charge is 0.393 e. The van der Waals surface area contributed by atoms with Gasteiger partial charge in [0.2, 0.25) is 0 Å². The van der Waals surface area contributed by atoms with Crippen LogP contribution in [0.25, 0.3) is 43.8 Å². The summed E-state index contributed by atoms with van der Waals surface area (Å²) in [5, 5.41) is 21.6. The Kier molecular flexibility index (Phi) is 8.97. The molecule has 5 aromatic rings. The number of hydrogen-bond acceptors (Lipinski definition) is 4. The van der Waals surface area contributed by atoms with Gasteiger partial charge in [-0.1, -0.05) is 74.0 Å². The number of fused-ring (bicyclic) bond motifs is 6. The van der Waals surface area contributed by atoms with Crippen LogP contribution in [0.2, 0.25) is 0 Å². The van der Waals surface area contributed by atoms with E-state index in [0.717, 1.165) is 33.1 Å². The zero-order valence-electron chi connectivity index (χ0n) is 21.4. The molecule has 0 bridgehead atoms. The summed E-state index contributed by atoms with van der Waals surface area (Å²) in [6, 6.07) is 26.5. The minimum atomic E-state index is -0.375. The second-order valence-electron chi connectivity index (χ2n) is 10.2. The van der Waals surface area contributed by atoms with Crippen LogP contribution in [-0.2, 0) is 25.5 Å². The van der Waals surface area contributed by atoms with Crippen molar-refractivity contribution in [3.8, 4) is 11.3 Å². The standard InChI is InChI=1S/C26H21N2.C5H12O2.Ir/c1-26(2,3)18-10-8-9-17(15-18)23-16-27-24-21-13-6-4-11-19(21)20-12-5-7-14-22(20)25(24)28-23;1-4(6)3-5(2)7;/h4-12,14-16H,1-3H3;4-7H,3H2,1-2H3;/q-1;;.